The summed E-state index contributed by atoms with van der Waals surface area (Å²) in [6, 6.07) is 12.9. The number of imidazole rings is 1. The van der Waals surface area contributed by atoms with Crippen LogP contribution in [0.2, 0.25) is 0 Å². The predicted octanol–water partition coefficient (Wildman–Crippen LogP) is 4.76. The zero-order valence-corrected chi connectivity index (χ0v) is 20.4. The van der Waals surface area contributed by atoms with Crippen LogP contribution in [-0.4, -0.2) is 61.7 Å². The van der Waals surface area contributed by atoms with Crippen molar-refractivity contribution in [3.8, 4) is 17.2 Å². The minimum atomic E-state index is -0.286. The number of ether oxygens (including phenoxy) is 1. The molecular weight excluding hydrogens is 457 g/mol. The maximum Gasteiger partial charge on any atom is 0.224 e. The van der Waals surface area contributed by atoms with Crippen LogP contribution in [0.1, 0.15) is 44.3 Å². The first-order chi connectivity index (χ1) is 17.7. The lowest BCUT2D eigenvalue weighted by atomic mass is 10.1. The molecule has 0 radical (unpaired) electrons. The maximum atomic E-state index is 13.7. The van der Waals surface area contributed by atoms with Gasteiger partial charge in [0.25, 0.3) is 0 Å². The summed E-state index contributed by atoms with van der Waals surface area (Å²) in [5.74, 6) is 1.69. The van der Waals surface area contributed by atoms with Gasteiger partial charge in [0.2, 0.25) is 5.95 Å². The number of hydrogen-bond donors (Lipinski definition) is 1. The number of benzene rings is 1. The average molecular weight is 488 g/mol. The van der Waals surface area contributed by atoms with Crippen molar-refractivity contribution in [1.82, 2.24) is 29.4 Å². The second-order valence-electron chi connectivity index (χ2n) is 9.55. The first-order valence-corrected chi connectivity index (χ1v) is 12.7. The van der Waals surface area contributed by atoms with E-state index >= 15 is 0 Å². The smallest absolute Gasteiger partial charge is 0.224 e. The number of aromatic nitrogens is 5. The molecule has 1 aliphatic carbocycles. The monoisotopic (exact) mass is 487 g/mol. The molecule has 9 heteroatoms. The third-order valence-electron chi connectivity index (χ3n) is 7.22. The van der Waals surface area contributed by atoms with Crippen LogP contribution in [-0.2, 0) is 4.74 Å². The Labute approximate surface area is 209 Å². The van der Waals surface area contributed by atoms with Crippen LogP contribution < -0.4 is 5.32 Å². The molecule has 186 valence electrons. The number of rotatable bonds is 6. The van der Waals surface area contributed by atoms with Gasteiger partial charge in [-0.2, -0.15) is 4.98 Å². The van der Waals surface area contributed by atoms with Crippen LogP contribution in [0.25, 0.3) is 28.4 Å². The highest BCUT2D eigenvalue weighted by molar-refractivity contribution is 5.80. The summed E-state index contributed by atoms with van der Waals surface area (Å²) in [6.07, 6.45) is 6.50. The Hall–Kier alpha value is -3.43. The largest absolute Gasteiger partial charge is 0.379 e. The van der Waals surface area contributed by atoms with Crippen molar-refractivity contribution in [2.45, 2.75) is 44.7 Å². The Balaban J connectivity index is 1.43. The van der Waals surface area contributed by atoms with Gasteiger partial charge in [-0.05, 0) is 62.2 Å². The Kier molecular flexibility index (Phi) is 6.33. The van der Waals surface area contributed by atoms with Crippen LogP contribution in [0, 0.1) is 5.82 Å². The number of halogens is 1. The molecule has 1 saturated heterocycles. The van der Waals surface area contributed by atoms with Gasteiger partial charge >= 0.3 is 0 Å². The van der Waals surface area contributed by atoms with Crippen molar-refractivity contribution < 1.29 is 9.13 Å². The highest BCUT2D eigenvalue weighted by Gasteiger charge is 2.23. The first-order valence-electron chi connectivity index (χ1n) is 12.7. The molecule has 36 heavy (non-hydrogen) atoms. The first kappa shape index (κ1) is 23.0. The van der Waals surface area contributed by atoms with E-state index in [-0.39, 0.29) is 11.9 Å². The topological polar surface area (TPSA) is 81.0 Å². The normalized spacial score (nSPS) is 18.1. The Morgan fingerprint density at radius 1 is 0.972 bits per heavy atom. The van der Waals surface area contributed by atoms with Gasteiger partial charge in [0.05, 0.1) is 24.4 Å². The third kappa shape index (κ3) is 4.56. The van der Waals surface area contributed by atoms with Crippen LogP contribution in [0.3, 0.4) is 0 Å². The van der Waals surface area contributed by atoms with Crippen LogP contribution in [0.15, 0.2) is 48.7 Å². The molecule has 1 unspecified atom stereocenters. The summed E-state index contributed by atoms with van der Waals surface area (Å²) >= 11 is 0. The van der Waals surface area contributed by atoms with Gasteiger partial charge in [0, 0.05) is 36.9 Å². The van der Waals surface area contributed by atoms with Crippen LogP contribution >= 0.6 is 0 Å². The summed E-state index contributed by atoms with van der Waals surface area (Å²) in [4.78, 5) is 21.5. The van der Waals surface area contributed by atoms with Crippen molar-refractivity contribution in [3.63, 3.8) is 0 Å². The second kappa shape index (κ2) is 9.91. The number of morpholine rings is 1. The summed E-state index contributed by atoms with van der Waals surface area (Å²) in [7, 11) is 0. The summed E-state index contributed by atoms with van der Waals surface area (Å²) < 4.78 is 21.2. The minimum Gasteiger partial charge on any atom is -0.379 e. The van der Waals surface area contributed by atoms with Crippen molar-refractivity contribution in [3.05, 3.63) is 60.2 Å². The van der Waals surface area contributed by atoms with E-state index < -0.39 is 0 Å². The highest BCUT2D eigenvalue weighted by Crippen LogP contribution is 2.30. The van der Waals surface area contributed by atoms with Gasteiger partial charge in [-0.1, -0.05) is 12.8 Å². The van der Waals surface area contributed by atoms with Crippen LogP contribution in [0.5, 0.6) is 0 Å². The zero-order chi connectivity index (χ0) is 24.5. The summed E-state index contributed by atoms with van der Waals surface area (Å²) in [6.45, 7) is 5.41. The minimum absolute atomic E-state index is 0.152. The quantitative estimate of drug-likeness (QED) is 0.420. The van der Waals surface area contributed by atoms with Crippen molar-refractivity contribution in [1.29, 1.82) is 0 Å². The Morgan fingerprint density at radius 3 is 2.53 bits per heavy atom. The van der Waals surface area contributed by atoms with E-state index in [1.165, 1.54) is 25.0 Å². The standard InChI is InChI=1S/C27H30FN7O/c1-18(34-14-16-36-17-15-34)22-10-11-23-25(31-22)33-26(19-6-8-20(28)9-7-19)35(23)24-12-13-29-27(32-24)30-21-4-2-3-5-21/h6-13,18,21H,2-5,14-17H2,1H3,(H,29,30,32). The maximum absolute atomic E-state index is 13.7. The highest BCUT2D eigenvalue weighted by atomic mass is 19.1. The molecule has 4 aromatic rings. The fourth-order valence-electron chi connectivity index (χ4n) is 5.18. The van der Waals surface area contributed by atoms with Crippen molar-refractivity contribution in [2.75, 3.05) is 31.6 Å². The Morgan fingerprint density at radius 2 is 1.75 bits per heavy atom. The number of fused-ring (bicyclic) bond motifs is 1. The fourth-order valence-corrected chi connectivity index (χ4v) is 5.18. The Bertz CT molecular complexity index is 1340. The summed E-state index contributed by atoms with van der Waals surface area (Å²) in [5.41, 5.74) is 3.24. The van der Waals surface area contributed by atoms with Gasteiger partial charge in [0.1, 0.15) is 17.5 Å². The van der Waals surface area contributed by atoms with E-state index in [0.29, 0.717) is 29.3 Å². The third-order valence-corrected chi connectivity index (χ3v) is 7.22. The lowest BCUT2D eigenvalue weighted by Gasteiger charge is -2.31. The SMILES string of the molecule is CC(c1ccc2c(n1)nc(-c1ccc(F)cc1)n2-c1ccnc(NC2CCCC2)n1)N1CCOCC1. The molecule has 0 amide bonds. The van der Waals surface area contributed by atoms with E-state index in [1.807, 2.05) is 10.6 Å². The predicted molar refractivity (Wildman–Crippen MR) is 137 cm³/mol. The molecule has 1 aliphatic heterocycles. The number of nitrogens with one attached hydrogen (secondary N) is 1. The van der Waals surface area contributed by atoms with Crippen molar-refractivity contribution >= 4 is 17.1 Å². The molecule has 8 nitrogen and oxygen atoms in total. The van der Waals surface area contributed by atoms with Gasteiger partial charge < -0.3 is 10.1 Å². The van der Waals surface area contributed by atoms with E-state index in [9.17, 15) is 4.39 Å². The molecule has 1 aromatic carbocycles. The fraction of sp³-hybridized carbons (Fsp3) is 0.407. The molecular formula is C27H30FN7O. The molecule has 1 N–H and O–H groups in total. The van der Waals surface area contributed by atoms with Crippen molar-refractivity contribution in [2.24, 2.45) is 0 Å². The molecule has 4 heterocycles. The molecule has 6 rings (SSSR count). The zero-order valence-electron chi connectivity index (χ0n) is 20.4. The second-order valence-corrected chi connectivity index (χ2v) is 9.55. The molecule has 0 spiro atoms. The number of nitrogens with zero attached hydrogens (tertiary/aromatic N) is 6. The molecule has 2 fully saturated rings. The van der Waals surface area contributed by atoms with Gasteiger partial charge in [-0.15, -0.1) is 0 Å². The molecule has 3 aromatic heterocycles. The van der Waals surface area contributed by atoms with E-state index in [2.05, 4.69) is 34.3 Å². The van der Waals surface area contributed by atoms with E-state index in [1.54, 1.807) is 18.3 Å². The molecule has 2 aliphatic rings. The van der Waals surface area contributed by atoms with Gasteiger partial charge in [-0.3, -0.25) is 9.47 Å². The lowest BCUT2D eigenvalue weighted by molar-refractivity contribution is 0.0191. The molecule has 0 bridgehead atoms. The number of hydrogen-bond acceptors (Lipinski definition) is 7. The number of pyridine rings is 1. The molecule has 1 atom stereocenters. The lowest BCUT2D eigenvalue weighted by Crippen LogP contribution is -2.38. The van der Waals surface area contributed by atoms with Gasteiger partial charge in [-0.25, -0.2) is 19.3 Å². The summed E-state index contributed by atoms with van der Waals surface area (Å²) in [5, 5.41) is 3.48. The van der Waals surface area contributed by atoms with E-state index in [0.717, 1.165) is 55.9 Å². The average Bonchev–Trinajstić information content (AvgIpc) is 3.57. The van der Waals surface area contributed by atoms with Crippen LogP contribution in [0.4, 0.5) is 10.3 Å². The van der Waals surface area contributed by atoms with E-state index in [4.69, 9.17) is 19.7 Å². The molecule has 1 saturated carbocycles. The number of anilines is 1. The van der Waals surface area contributed by atoms with Gasteiger partial charge in [0.15, 0.2) is 5.65 Å².